The molecule has 0 aliphatic rings. The first-order valence-electron chi connectivity index (χ1n) is 3.72. The van der Waals surface area contributed by atoms with Crippen molar-refractivity contribution in [3.05, 3.63) is 30.3 Å². The highest BCUT2D eigenvalue weighted by Gasteiger charge is 2.09. The number of carbonyl (C=O) groups excluding carboxylic acids is 1. The third-order valence-electron chi connectivity index (χ3n) is 1.41. The molecule has 1 aromatic rings. The van der Waals surface area contributed by atoms with Gasteiger partial charge in [0.05, 0.1) is 0 Å². The number of carbonyl (C=O) groups is 1. The number of para-hydroxylation sites is 1. The molecule has 1 aromatic carbocycles. The topological polar surface area (TPSA) is 49.0 Å². The van der Waals surface area contributed by atoms with Crippen molar-refractivity contribution in [2.24, 2.45) is 0 Å². The van der Waals surface area contributed by atoms with Gasteiger partial charge in [0.1, 0.15) is 0 Å². The van der Waals surface area contributed by atoms with Gasteiger partial charge in [0.25, 0.3) is 5.91 Å². The fourth-order valence-electron chi connectivity index (χ4n) is 0.765. The molecule has 0 saturated heterocycles. The monoisotopic (exact) mass is 164 g/mol. The van der Waals surface area contributed by atoms with Crippen molar-refractivity contribution in [3.8, 4) is 0 Å². The normalized spacial score (nSPS) is 12.2. The van der Waals surface area contributed by atoms with Crippen LogP contribution in [0, 0.1) is 0 Å². The summed E-state index contributed by atoms with van der Waals surface area (Å²) in [5.74, 6) is -0.499. The van der Waals surface area contributed by atoms with Gasteiger partial charge in [-0.1, -0.05) is 18.2 Å². The SMILES string of the molecule is CC([O])C(=O)Nc1ccccc1. The van der Waals surface area contributed by atoms with Crippen molar-refractivity contribution < 1.29 is 9.90 Å². The largest absolute Gasteiger partial charge is 0.324 e. The van der Waals surface area contributed by atoms with Gasteiger partial charge in [-0.15, -0.1) is 0 Å². The van der Waals surface area contributed by atoms with Crippen LogP contribution in [-0.2, 0) is 9.90 Å². The number of rotatable bonds is 2. The molecular weight excluding hydrogens is 154 g/mol. The third kappa shape index (κ3) is 2.36. The summed E-state index contributed by atoms with van der Waals surface area (Å²) in [7, 11) is 0. The second kappa shape index (κ2) is 3.88. The van der Waals surface area contributed by atoms with Crippen molar-refractivity contribution in [1.82, 2.24) is 0 Å². The number of benzene rings is 1. The molecule has 0 saturated carbocycles. The highest BCUT2D eigenvalue weighted by atomic mass is 16.3. The lowest BCUT2D eigenvalue weighted by atomic mass is 10.3. The minimum atomic E-state index is -1.22. The van der Waals surface area contributed by atoms with E-state index in [0.717, 1.165) is 0 Å². The van der Waals surface area contributed by atoms with Crippen LogP contribution >= 0.6 is 0 Å². The van der Waals surface area contributed by atoms with Crippen LogP contribution in [-0.4, -0.2) is 12.0 Å². The molecular formula is C9H10NO2. The molecule has 1 N–H and O–H groups in total. The van der Waals surface area contributed by atoms with Gasteiger partial charge < -0.3 is 5.32 Å². The molecule has 1 amide bonds. The van der Waals surface area contributed by atoms with Crippen molar-refractivity contribution in [3.63, 3.8) is 0 Å². The van der Waals surface area contributed by atoms with Crippen LogP contribution in [0.5, 0.6) is 0 Å². The molecule has 0 fully saturated rings. The lowest BCUT2D eigenvalue weighted by molar-refractivity contribution is -0.126. The lowest BCUT2D eigenvalue weighted by Crippen LogP contribution is -2.23. The quantitative estimate of drug-likeness (QED) is 0.706. The van der Waals surface area contributed by atoms with Crippen LogP contribution in [0.15, 0.2) is 30.3 Å². The standard InChI is InChI=1S/C9H10NO2/c1-7(11)9(12)10-8-5-3-2-4-6-8/h2-7H,1H3,(H,10,12). The summed E-state index contributed by atoms with van der Waals surface area (Å²) in [5, 5.41) is 13.1. The maximum atomic E-state index is 10.9. The molecule has 0 bridgehead atoms. The van der Waals surface area contributed by atoms with Crippen LogP contribution in [0.3, 0.4) is 0 Å². The molecule has 3 heteroatoms. The van der Waals surface area contributed by atoms with E-state index in [-0.39, 0.29) is 0 Å². The predicted molar refractivity (Wildman–Crippen MR) is 45.2 cm³/mol. The van der Waals surface area contributed by atoms with E-state index in [9.17, 15) is 9.90 Å². The number of anilines is 1. The average Bonchev–Trinajstić information content (AvgIpc) is 2.06. The Labute approximate surface area is 71.0 Å². The Morgan fingerprint density at radius 2 is 1.92 bits per heavy atom. The summed E-state index contributed by atoms with van der Waals surface area (Å²) in [6, 6.07) is 8.91. The Morgan fingerprint density at radius 3 is 2.42 bits per heavy atom. The molecule has 0 aliphatic carbocycles. The maximum Gasteiger partial charge on any atom is 0.256 e. The van der Waals surface area contributed by atoms with Gasteiger partial charge in [-0.2, -0.15) is 0 Å². The average molecular weight is 164 g/mol. The van der Waals surface area contributed by atoms with E-state index < -0.39 is 12.0 Å². The van der Waals surface area contributed by atoms with E-state index in [1.807, 2.05) is 6.07 Å². The first kappa shape index (κ1) is 8.74. The fraction of sp³-hybridized carbons (Fsp3) is 0.222. The van der Waals surface area contributed by atoms with E-state index in [0.29, 0.717) is 5.69 Å². The van der Waals surface area contributed by atoms with Gasteiger partial charge in [0, 0.05) is 5.69 Å². The second-order valence-electron chi connectivity index (χ2n) is 2.50. The number of hydrogen-bond acceptors (Lipinski definition) is 1. The number of nitrogens with one attached hydrogen (secondary N) is 1. The van der Waals surface area contributed by atoms with Crippen molar-refractivity contribution in [2.45, 2.75) is 13.0 Å². The number of hydrogen-bond donors (Lipinski definition) is 1. The Morgan fingerprint density at radius 1 is 1.33 bits per heavy atom. The Hall–Kier alpha value is -1.35. The van der Waals surface area contributed by atoms with Crippen LogP contribution in [0.2, 0.25) is 0 Å². The Bertz CT molecular complexity index is 256. The van der Waals surface area contributed by atoms with Crippen LogP contribution in [0.4, 0.5) is 5.69 Å². The van der Waals surface area contributed by atoms with Crippen LogP contribution in [0.1, 0.15) is 6.92 Å². The van der Waals surface area contributed by atoms with Gasteiger partial charge in [0.2, 0.25) is 0 Å². The highest BCUT2D eigenvalue weighted by molar-refractivity contribution is 5.93. The lowest BCUT2D eigenvalue weighted by Gasteiger charge is -2.04. The van der Waals surface area contributed by atoms with E-state index in [2.05, 4.69) is 5.32 Å². The van der Waals surface area contributed by atoms with Crippen LogP contribution in [0.25, 0.3) is 0 Å². The van der Waals surface area contributed by atoms with E-state index in [1.165, 1.54) is 6.92 Å². The third-order valence-corrected chi connectivity index (χ3v) is 1.41. The molecule has 0 aliphatic heterocycles. The molecule has 1 rings (SSSR count). The molecule has 0 spiro atoms. The summed E-state index contributed by atoms with van der Waals surface area (Å²) in [4.78, 5) is 10.9. The van der Waals surface area contributed by atoms with E-state index >= 15 is 0 Å². The second-order valence-corrected chi connectivity index (χ2v) is 2.50. The maximum absolute atomic E-state index is 10.9. The number of amides is 1. The predicted octanol–water partition coefficient (Wildman–Crippen LogP) is 1.44. The molecule has 1 radical (unpaired) electrons. The molecule has 63 valence electrons. The molecule has 0 aromatic heterocycles. The summed E-state index contributed by atoms with van der Waals surface area (Å²) < 4.78 is 0. The summed E-state index contributed by atoms with van der Waals surface area (Å²) >= 11 is 0. The van der Waals surface area contributed by atoms with Crippen molar-refractivity contribution in [1.29, 1.82) is 0 Å². The smallest absolute Gasteiger partial charge is 0.256 e. The zero-order valence-electron chi connectivity index (χ0n) is 6.78. The summed E-state index contributed by atoms with van der Waals surface area (Å²) in [6.07, 6.45) is -1.22. The van der Waals surface area contributed by atoms with Gasteiger partial charge >= 0.3 is 0 Å². The zero-order valence-corrected chi connectivity index (χ0v) is 6.78. The Balaban J connectivity index is 2.59. The zero-order chi connectivity index (χ0) is 8.97. The molecule has 1 unspecified atom stereocenters. The summed E-state index contributed by atoms with van der Waals surface area (Å²) in [6.45, 7) is 1.32. The van der Waals surface area contributed by atoms with E-state index in [1.54, 1.807) is 24.3 Å². The molecule has 1 atom stereocenters. The molecule has 12 heavy (non-hydrogen) atoms. The van der Waals surface area contributed by atoms with Gasteiger partial charge in [-0.05, 0) is 19.1 Å². The molecule has 0 heterocycles. The van der Waals surface area contributed by atoms with Crippen LogP contribution < -0.4 is 5.32 Å². The first-order chi connectivity index (χ1) is 5.70. The van der Waals surface area contributed by atoms with Gasteiger partial charge in [-0.25, -0.2) is 5.11 Å². The molecule has 3 nitrogen and oxygen atoms in total. The van der Waals surface area contributed by atoms with Gasteiger partial charge in [0.15, 0.2) is 6.10 Å². The Kier molecular flexibility index (Phi) is 2.82. The fourth-order valence-corrected chi connectivity index (χ4v) is 0.765. The minimum absolute atomic E-state index is 0.499. The van der Waals surface area contributed by atoms with Gasteiger partial charge in [-0.3, -0.25) is 4.79 Å². The van der Waals surface area contributed by atoms with Crippen molar-refractivity contribution in [2.75, 3.05) is 5.32 Å². The first-order valence-corrected chi connectivity index (χ1v) is 3.72. The van der Waals surface area contributed by atoms with Crippen molar-refractivity contribution >= 4 is 11.6 Å². The minimum Gasteiger partial charge on any atom is -0.324 e. The van der Waals surface area contributed by atoms with E-state index in [4.69, 9.17) is 0 Å². The summed E-state index contributed by atoms with van der Waals surface area (Å²) in [5.41, 5.74) is 0.658. The highest BCUT2D eigenvalue weighted by Crippen LogP contribution is 2.05.